The molecule has 0 radical (unpaired) electrons. The van der Waals surface area contributed by atoms with E-state index in [2.05, 4.69) is 29.2 Å². The first-order valence-corrected chi connectivity index (χ1v) is 12.7. The van der Waals surface area contributed by atoms with Gasteiger partial charge in [-0.15, -0.1) is 5.10 Å². The van der Waals surface area contributed by atoms with Crippen molar-refractivity contribution in [2.24, 2.45) is 0 Å². The second-order valence-corrected chi connectivity index (χ2v) is 9.80. The number of rotatable bonds is 2. The van der Waals surface area contributed by atoms with Crippen LogP contribution in [0.3, 0.4) is 0 Å². The number of ether oxygens (including phenoxy) is 1. The molecule has 0 bridgehead atoms. The van der Waals surface area contributed by atoms with Crippen LogP contribution in [-0.4, -0.2) is 19.6 Å². The zero-order valence-electron chi connectivity index (χ0n) is 20.8. The van der Waals surface area contributed by atoms with Crippen LogP contribution in [0.5, 0.6) is 11.6 Å². The highest BCUT2D eigenvalue weighted by atomic mass is 16.5. The van der Waals surface area contributed by atoms with E-state index in [1.807, 2.05) is 67.6 Å². The fourth-order valence-electron chi connectivity index (χ4n) is 5.47. The van der Waals surface area contributed by atoms with E-state index < -0.39 is 11.5 Å². The van der Waals surface area contributed by atoms with E-state index >= 15 is 0 Å². The molecule has 1 unspecified atom stereocenters. The molecule has 7 nitrogen and oxygen atoms in total. The van der Waals surface area contributed by atoms with Gasteiger partial charge in [0.25, 0.3) is 0 Å². The van der Waals surface area contributed by atoms with Crippen molar-refractivity contribution < 1.29 is 9.15 Å². The predicted octanol–water partition coefficient (Wildman–Crippen LogP) is 6.65. The molecule has 3 aromatic heterocycles. The minimum atomic E-state index is -0.505. The first kappa shape index (κ1) is 21.8. The van der Waals surface area contributed by atoms with Gasteiger partial charge in [0.15, 0.2) is 17.2 Å². The fraction of sp³-hybridized carbons (Fsp3) is 0.0625. The number of benzene rings is 4. The highest BCUT2D eigenvalue weighted by Gasteiger charge is 2.37. The highest BCUT2D eigenvalue weighted by Crippen LogP contribution is 2.48. The lowest BCUT2D eigenvalue weighted by molar-refractivity contribution is 0.422. The number of para-hydroxylation sites is 1. The van der Waals surface area contributed by atoms with Crippen molar-refractivity contribution in [3.05, 3.63) is 130 Å². The molecule has 7 aromatic rings. The summed E-state index contributed by atoms with van der Waals surface area (Å²) in [6.45, 7) is 2.03. The van der Waals surface area contributed by atoms with Gasteiger partial charge in [0, 0.05) is 5.56 Å². The molecule has 7 heteroatoms. The average molecular weight is 509 g/mol. The molecule has 0 saturated carbocycles. The second-order valence-electron chi connectivity index (χ2n) is 9.80. The molecular formula is C32H20N4O3. The summed E-state index contributed by atoms with van der Waals surface area (Å²) >= 11 is 0. The Morgan fingerprint density at radius 2 is 1.64 bits per heavy atom. The maximum absolute atomic E-state index is 13.5. The molecule has 0 amide bonds. The van der Waals surface area contributed by atoms with Crippen molar-refractivity contribution in [1.82, 2.24) is 19.6 Å². The molecule has 4 aromatic carbocycles. The van der Waals surface area contributed by atoms with Crippen LogP contribution in [0.15, 0.2) is 107 Å². The number of aryl methyl sites for hydroxylation is 1. The summed E-state index contributed by atoms with van der Waals surface area (Å²) in [7, 11) is 0. The van der Waals surface area contributed by atoms with E-state index in [1.165, 1.54) is 0 Å². The van der Waals surface area contributed by atoms with E-state index in [-0.39, 0.29) is 0 Å². The lowest BCUT2D eigenvalue weighted by Gasteiger charge is -2.27. The Hall–Kier alpha value is -5.30. The standard InChI is InChI=1S/C32H20N4O3/c1-18-10-12-20(13-11-18)25-26-28(23-8-4-5-9-24(23)38-32(26)37)39-31-27(25)30-34-29(35-36(30)17-33-31)22-15-14-19-6-2-3-7-21(19)16-22/h2-17,25H,1H3. The maximum Gasteiger partial charge on any atom is 0.344 e. The van der Waals surface area contributed by atoms with Gasteiger partial charge in [-0.3, -0.25) is 0 Å². The van der Waals surface area contributed by atoms with Crippen molar-refractivity contribution in [2.75, 3.05) is 0 Å². The van der Waals surface area contributed by atoms with Crippen LogP contribution in [0.1, 0.15) is 28.2 Å². The van der Waals surface area contributed by atoms with Crippen molar-refractivity contribution in [2.45, 2.75) is 12.8 Å². The Bertz CT molecular complexity index is 2140. The number of hydrogen-bond donors (Lipinski definition) is 0. The molecule has 0 aliphatic carbocycles. The minimum Gasteiger partial charge on any atom is -0.437 e. The number of aromatic nitrogens is 4. The van der Waals surface area contributed by atoms with Crippen LogP contribution in [0.2, 0.25) is 0 Å². The van der Waals surface area contributed by atoms with E-state index in [9.17, 15) is 4.79 Å². The van der Waals surface area contributed by atoms with Gasteiger partial charge in [-0.25, -0.2) is 19.3 Å². The smallest absolute Gasteiger partial charge is 0.344 e. The zero-order valence-corrected chi connectivity index (χ0v) is 20.8. The molecule has 186 valence electrons. The van der Waals surface area contributed by atoms with E-state index in [0.29, 0.717) is 39.8 Å². The zero-order chi connectivity index (χ0) is 26.1. The number of nitrogens with zero attached hydrogens (tertiary/aromatic N) is 4. The van der Waals surface area contributed by atoms with Crippen molar-refractivity contribution in [3.63, 3.8) is 0 Å². The SMILES string of the molecule is Cc1ccc(C2c3c(c4ccccc4oc3=O)Oc3ncn4nc(-c5ccc6ccccc6c5)nc4c32)cc1. The van der Waals surface area contributed by atoms with Crippen LogP contribution in [-0.2, 0) is 0 Å². The molecule has 0 saturated heterocycles. The van der Waals surface area contributed by atoms with Crippen molar-refractivity contribution >= 4 is 27.4 Å². The molecule has 39 heavy (non-hydrogen) atoms. The molecular weight excluding hydrogens is 488 g/mol. The summed E-state index contributed by atoms with van der Waals surface area (Å²) in [5.74, 6) is 0.921. The Balaban J connectivity index is 1.40. The molecule has 8 rings (SSSR count). The molecule has 4 heterocycles. The van der Waals surface area contributed by atoms with Gasteiger partial charge < -0.3 is 9.15 Å². The van der Waals surface area contributed by atoms with Gasteiger partial charge >= 0.3 is 5.63 Å². The summed E-state index contributed by atoms with van der Waals surface area (Å²) in [5.41, 5.74) is 4.62. The second kappa shape index (κ2) is 8.10. The fourth-order valence-corrected chi connectivity index (χ4v) is 5.47. The van der Waals surface area contributed by atoms with Crippen LogP contribution in [0.25, 0.3) is 38.8 Å². The molecule has 1 atom stereocenters. The van der Waals surface area contributed by atoms with Gasteiger partial charge in [0.1, 0.15) is 11.9 Å². The third-order valence-electron chi connectivity index (χ3n) is 7.38. The largest absolute Gasteiger partial charge is 0.437 e. The lowest BCUT2D eigenvalue weighted by atomic mass is 9.84. The normalized spacial score (nSPS) is 14.3. The maximum atomic E-state index is 13.5. The summed E-state index contributed by atoms with van der Waals surface area (Å²) in [5, 5.41) is 7.72. The molecule has 1 aliphatic rings. The minimum absolute atomic E-state index is 0.397. The molecule has 0 fully saturated rings. The summed E-state index contributed by atoms with van der Waals surface area (Å²) < 4.78 is 13.8. The summed E-state index contributed by atoms with van der Waals surface area (Å²) in [4.78, 5) is 23.1. The van der Waals surface area contributed by atoms with Crippen LogP contribution < -0.4 is 10.4 Å². The molecule has 1 aliphatic heterocycles. The van der Waals surface area contributed by atoms with Crippen LogP contribution >= 0.6 is 0 Å². The predicted molar refractivity (Wildman–Crippen MR) is 148 cm³/mol. The lowest BCUT2D eigenvalue weighted by Crippen LogP contribution is -2.22. The Morgan fingerprint density at radius 1 is 0.846 bits per heavy atom. The highest BCUT2D eigenvalue weighted by molar-refractivity contribution is 5.88. The van der Waals surface area contributed by atoms with Gasteiger partial charge in [-0.1, -0.05) is 78.4 Å². The summed E-state index contributed by atoms with van der Waals surface area (Å²) in [6, 6.07) is 29.8. The third kappa shape index (κ3) is 3.30. The first-order chi connectivity index (χ1) is 19.1. The molecule has 0 spiro atoms. The third-order valence-corrected chi connectivity index (χ3v) is 7.38. The van der Waals surface area contributed by atoms with Gasteiger partial charge in [-0.05, 0) is 41.5 Å². The number of hydrogen-bond acceptors (Lipinski definition) is 6. The summed E-state index contributed by atoms with van der Waals surface area (Å²) in [6.07, 6.45) is 1.61. The first-order valence-electron chi connectivity index (χ1n) is 12.7. The van der Waals surface area contributed by atoms with E-state index in [0.717, 1.165) is 32.8 Å². The molecule has 0 N–H and O–H groups in total. The van der Waals surface area contributed by atoms with Crippen molar-refractivity contribution in [1.29, 1.82) is 0 Å². The average Bonchev–Trinajstić information content (AvgIpc) is 3.41. The topological polar surface area (TPSA) is 82.5 Å². The van der Waals surface area contributed by atoms with E-state index in [4.69, 9.17) is 19.2 Å². The van der Waals surface area contributed by atoms with Crippen LogP contribution in [0, 0.1) is 6.92 Å². The quantitative estimate of drug-likeness (QED) is 0.243. The van der Waals surface area contributed by atoms with Gasteiger partial charge in [0.2, 0.25) is 5.88 Å². The van der Waals surface area contributed by atoms with Gasteiger partial charge in [-0.2, -0.15) is 0 Å². The monoisotopic (exact) mass is 508 g/mol. The Kier molecular flexibility index (Phi) is 4.52. The van der Waals surface area contributed by atoms with E-state index in [1.54, 1.807) is 16.9 Å². The van der Waals surface area contributed by atoms with Gasteiger partial charge in [0.05, 0.1) is 22.4 Å². The Morgan fingerprint density at radius 3 is 2.51 bits per heavy atom. The Labute approximate surface area is 222 Å². The van der Waals surface area contributed by atoms with Crippen LogP contribution in [0.4, 0.5) is 0 Å². The number of fused-ring (bicyclic) bond motifs is 7. The van der Waals surface area contributed by atoms with Crippen molar-refractivity contribution in [3.8, 4) is 23.0 Å².